The summed E-state index contributed by atoms with van der Waals surface area (Å²) in [5.74, 6) is 0. The lowest BCUT2D eigenvalue weighted by atomic mass is 10.0. The summed E-state index contributed by atoms with van der Waals surface area (Å²) in [6.07, 6.45) is 69.7. The first kappa shape index (κ1) is 55.4. The van der Waals surface area contributed by atoms with Gasteiger partial charge in [0.15, 0.2) is 0 Å². The molecule has 0 aliphatic carbocycles. The second kappa shape index (κ2) is 45.9. The molecule has 0 saturated carbocycles. The van der Waals surface area contributed by atoms with Gasteiger partial charge in [-0.2, -0.15) is 0 Å². The van der Waals surface area contributed by atoms with E-state index in [9.17, 15) is 0 Å². The summed E-state index contributed by atoms with van der Waals surface area (Å²) in [7, 11) is 0. The smallest absolute Gasteiger partial charge is 0.104 e. The van der Waals surface area contributed by atoms with E-state index in [-0.39, 0.29) is 0 Å². The molecular weight excluding hydrogens is 711 g/mol. The highest BCUT2D eigenvalue weighted by molar-refractivity contribution is 5.13. The van der Waals surface area contributed by atoms with E-state index in [4.69, 9.17) is 0 Å². The van der Waals surface area contributed by atoms with Crippen molar-refractivity contribution in [1.29, 1.82) is 0 Å². The van der Waals surface area contributed by atoms with Crippen LogP contribution in [0.15, 0.2) is 66.8 Å². The van der Waals surface area contributed by atoms with Crippen LogP contribution in [0.25, 0.3) is 0 Å². The van der Waals surface area contributed by atoms with Crippen molar-refractivity contribution in [2.24, 2.45) is 0 Å². The Morgan fingerprint density at radius 2 is 0.525 bits per heavy atom. The molecule has 342 valence electrons. The molecule has 0 saturated heterocycles. The fourth-order valence-electron chi connectivity index (χ4n) is 9.07. The third-order valence-electron chi connectivity index (χ3n) is 13.1. The average molecular weight is 817 g/mol. The molecule has 1 heteroatoms. The Morgan fingerprint density at radius 1 is 0.288 bits per heavy atom. The molecule has 0 aliphatic rings. The van der Waals surface area contributed by atoms with Gasteiger partial charge >= 0.3 is 0 Å². The van der Waals surface area contributed by atoms with Gasteiger partial charge in [0.1, 0.15) is 6.54 Å². The maximum absolute atomic E-state index is 2.54. The van der Waals surface area contributed by atoms with Crippen LogP contribution in [0.2, 0.25) is 0 Å². The summed E-state index contributed by atoms with van der Waals surface area (Å²) in [4.78, 5) is 0. The zero-order chi connectivity index (χ0) is 42.3. The molecule has 1 nitrogen and oxygen atoms in total. The summed E-state index contributed by atoms with van der Waals surface area (Å²) in [5.41, 5.74) is 1.51. The number of benzene rings is 1. The van der Waals surface area contributed by atoms with Crippen molar-refractivity contribution in [2.45, 2.75) is 278 Å². The van der Waals surface area contributed by atoms with Gasteiger partial charge in [-0.05, 0) is 38.5 Å². The number of hydrogen-bond donors (Lipinski definition) is 0. The molecule has 0 bridgehead atoms. The van der Waals surface area contributed by atoms with E-state index in [0.29, 0.717) is 0 Å². The van der Waals surface area contributed by atoms with E-state index in [1.165, 1.54) is 280 Å². The topological polar surface area (TPSA) is 0 Å². The molecule has 0 aromatic heterocycles. The van der Waals surface area contributed by atoms with Crippen LogP contribution < -0.4 is 0 Å². The van der Waals surface area contributed by atoms with E-state index < -0.39 is 0 Å². The van der Waals surface area contributed by atoms with E-state index in [0.717, 1.165) is 6.54 Å². The fraction of sp³-hybridized carbons (Fsp3) is 0.793. The molecule has 0 N–H and O–H groups in total. The molecule has 0 atom stereocenters. The molecule has 0 aliphatic heterocycles. The molecule has 59 heavy (non-hydrogen) atoms. The number of unbranched alkanes of at least 4 members (excludes halogenated alkanes) is 33. The van der Waals surface area contributed by atoms with Gasteiger partial charge < -0.3 is 4.48 Å². The summed E-state index contributed by atoms with van der Waals surface area (Å²) in [6.45, 7) is 11.9. The van der Waals surface area contributed by atoms with E-state index >= 15 is 0 Å². The molecule has 0 fully saturated rings. The zero-order valence-electron chi connectivity index (χ0n) is 40.7. The van der Waals surface area contributed by atoms with Crippen LogP contribution in [0.4, 0.5) is 0 Å². The monoisotopic (exact) mass is 817 g/mol. The normalized spacial score (nSPS) is 12.3. The molecular formula is C58H106N+. The lowest BCUT2D eigenvalue weighted by Crippen LogP contribution is -2.49. The predicted octanol–water partition coefficient (Wildman–Crippen LogP) is 19.9. The molecule has 0 amide bonds. The van der Waals surface area contributed by atoms with E-state index in [1.54, 1.807) is 0 Å². The highest BCUT2D eigenvalue weighted by Gasteiger charge is 2.26. The van der Waals surface area contributed by atoms with Crippen molar-refractivity contribution in [3.8, 4) is 0 Å². The second-order valence-corrected chi connectivity index (χ2v) is 18.9. The van der Waals surface area contributed by atoms with Gasteiger partial charge in [-0.15, -0.1) is 0 Å². The maximum atomic E-state index is 2.54. The molecule has 0 heterocycles. The molecule has 1 aromatic rings. The lowest BCUT2D eigenvalue weighted by molar-refractivity contribution is -0.940. The van der Waals surface area contributed by atoms with E-state index in [1.807, 2.05) is 0 Å². The van der Waals surface area contributed by atoms with Crippen LogP contribution in [0.3, 0.4) is 0 Å². The van der Waals surface area contributed by atoms with Crippen molar-refractivity contribution >= 4 is 0 Å². The Morgan fingerprint density at radius 3 is 0.797 bits per heavy atom. The maximum Gasteiger partial charge on any atom is 0.104 e. The van der Waals surface area contributed by atoms with E-state index in [2.05, 4.69) is 87.6 Å². The number of hydrogen-bond acceptors (Lipinski definition) is 0. The van der Waals surface area contributed by atoms with Crippen molar-refractivity contribution in [3.63, 3.8) is 0 Å². The first-order valence-electron chi connectivity index (χ1n) is 27.1. The highest BCUT2D eigenvalue weighted by atomic mass is 15.3. The highest BCUT2D eigenvalue weighted by Crippen LogP contribution is 2.21. The summed E-state index contributed by atoms with van der Waals surface area (Å²) >= 11 is 0. The van der Waals surface area contributed by atoms with Crippen molar-refractivity contribution in [1.82, 2.24) is 0 Å². The van der Waals surface area contributed by atoms with Crippen molar-refractivity contribution in [3.05, 3.63) is 72.4 Å². The molecule has 0 radical (unpaired) electrons. The Labute approximate surface area is 372 Å². The van der Waals surface area contributed by atoms with Crippen molar-refractivity contribution in [2.75, 3.05) is 19.6 Å². The van der Waals surface area contributed by atoms with Gasteiger partial charge in [0.2, 0.25) is 0 Å². The fourth-order valence-corrected chi connectivity index (χ4v) is 9.07. The number of quaternary nitrogens is 1. The number of allylic oxidation sites excluding steroid dienone is 3. The van der Waals surface area contributed by atoms with Crippen LogP contribution in [0.1, 0.15) is 277 Å². The number of nitrogens with zero attached hydrogens (tertiary/aromatic N) is 1. The van der Waals surface area contributed by atoms with Crippen LogP contribution >= 0.6 is 0 Å². The van der Waals surface area contributed by atoms with Crippen LogP contribution in [0, 0.1) is 0 Å². The van der Waals surface area contributed by atoms with Crippen LogP contribution in [-0.4, -0.2) is 24.1 Å². The lowest BCUT2D eigenvalue weighted by Gasteiger charge is -2.39. The first-order chi connectivity index (χ1) is 29.3. The predicted molar refractivity (Wildman–Crippen MR) is 270 cm³/mol. The van der Waals surface area contributed by atoms with Gasteiger partial charge in [-0.3, -0.25) is 0 Å². The second-order valence-electron chi connectivity index (χ2n) is 18.9. The number of rotatable bonds is 47. The van der Waals surface area contributed by atoms with Gasteiger partial charge in [0.05, 0.1) is 19.6 Å². The summed E-state index contributed by atoms with van der Waals surface area (Å²) < 4.78 is 1.21. The molecule has 0 unspecified atom stereocenters. The SMILES string of the molecule is CCCCCCCCCCCCC/C=C/CC[N+](CC/C=C/CCCCCCCCCCCCC)(CC/C=C/CCCCCCCCCCCCC)Cc1ccccc1. The first-order valence-corrected chi connectivity index (χ1v) is 27.1. The molecule has 1 rings (SSSR count). The third kappa shape index (κ3) is 39.0. The van der Waals surface area contributed by atoms with Crippen LogP contribution in [-0.2, 0) is 6.54 Å². The van der Waals surface area contributed by atoms with Gasteiger partial charge in [0.25, 0.3) is 0 Å². The standard InChI is InChI=1S/C58H106N/c1-4-7-10-13-16-19-22-25-28-31-34-37-40-43-49-54-59(57-58-52-47-46-48-53-58,55-50-44-41-38-35-32-29-26-23-20-17-14-11-8-5-2)56-51-45-42-39-36-33-30-27-24-21-18-15-12-9-6-3/h40-48,52-53H,4-39,49-51,54-57H2,1-3H3/q+1/b43-40+,44-41+,45-42+. The van der Waals surface area contributed by atoms with Gasteiger partial charge in [0, 0.05) is 24.8 Å². The Balaban J connectivity index is 2.58. The third-order valence-corrected chi connectivity index (χ3v) is 13.1. The Bertz CT molecular complexity index is 921. The Hall–Kier alpha value is -1.60. The minimum atomic E-state index is 1.16. The Kier molecular flexibility index (Phi) is 43.1. The molecule has 0 spiro atoms. The van der Waals surface area contributed by atoms with Gasteiger partial charge in [-0.1, -0.05) is 280 Å². The minimum Gasteiger partial charge on any atom is -0.319 e. The zero-order valence-corrected chi connectivity index (χ0v) is 40.7. The molecule has 1 aromatic carbocycles. The van der Waals surface area contributed by atoms with Crippen LogP contribution in [0.5, 0.6) is 0 Å². The minimum absolute atomic E-state index is 1.16. The largest absolute Gasteiger partial charge is 0.319 e. The quantitative estimate of drug-likeness (QED) is 0.0349. The summed E-state index contributed by atoms with van der Waals surface area (Å²) in [6, 6.07) is 11.4. The van der Waals surface area contributed by atoms with Gasteiger partial charge in [-0.25, -0.2) is 0 Å². The average Bonchev–Trinajstić information content (AvgIpc) is 3.25. The van der Waals surface area contributed by atoms with Crippen molar-refractivity contribution < 1.29 is 4.48 Å². The summed E-state index contributed by atoms with van der Waals surface area (Å²) in [5, 5.41) is 0.